The number of benzene rings is 1. The van der Waals surface area contributed by atoms with Gasteiger partial charge in [0.1, 0.15) is 0 Å². The Labute approximate surface area is 119 Å². The van der Waals surface area contributed by atoms with Crippen molar-refractivity contribution in [1.29, 1.82) is 0 Å². The van der Waals surface area contributed by atoms with E-state index in [0.717, 1.165) is 24.0 Å². The first-order valence-corrected chi connectivity index (χ1v) is 6.93. The molecule has 0 spiro atoms. The molecular weight excluding hydrogens is 254 g/mol. The summed E-state index contributed by atoms with van der Waals surface area (Å²) in [5.41, 5.74) is 1.88. The quantitative estimate of drug-likeness (QED) is 0.624. The number of esters is 1. The summed E-state index contributed by atoms with van der Waals surface area (Å²) < 4.78 is 4.81. The average Bonchev–Trinajstić information content (AvgIpc) is 2.60. The maximum absolute atomic E-state index is 12.4. The fourth-order valence-corrected chi connectivity index (χ4v) is 2.32. The van der Waals surface area contributed by atoms with E-state index < -0.39 is 0 Å². The second kappa shape index (κ2) is 6.89. The van der Waals surface area contributed by atoms with Crippen LogP contribution in [0.15, 0.2) is 36.4 Å². The minimum atomic E-state index is -0.366. The number of ether oxygens (including phenoxy) is 1. The van der Waals surface area contributed by atoms with E-state index in [0.29, 0.717) is 19.7 Å². The molecule has 106 valence electrons. The van der Waals surface area contributed by atoms with Crippen molar-refractivity contribution in [1.82, 2.24) is 4.90 Å². The second-order valence-electron chi connectivity index (χ2n) is 4.67. The van der Waals surface area contributed by atoms with Gasteiger partial charge in [0, 0.05) is 24.7 Å². The lowest BCUT2D eigenvalue weighted by atomic mass is 10.0. The molecule has 20 heavy (non-hydrogen) atoms. The molecule has 1 aliphatic rings. The van der Waals surface area contributed by atoms with Crippen molar-refractivity contribution in [2.45, 2.75) is 19.8 Å². The van der Waals surface area contributed by atoms with Gasteiger partial charge in [-0.3, -0.25) is 4.79 Å². The Morgan fingerprint density at radius 2 is 2.20 bits per heavy atom. The number of carbonyl (C=O) groups excluding carboxylic acids is 2. The van der Waals surface area contributed by atoms with Gasteiger partial charge in [-0.2, -0.15) is 0 Å². The van der Waals surface area contributed by atoms with Gasteiger partial charge in [-0.25, -0.2) is 4.79 Å². The van der Waals surface area contributed by atoms with Crippen LogP contribution in [0.2, 0.25) is 0 Å². The molecule has 1 aliphatic heterocycles. The van der Waals surface area contributed by atoms with Gasteiger partial charge in [-0.05, 0) is 31.4 Å². The Balaban J connectivity index is 2.03. The van der Waals surface area contributed by atoms with Crippen LogP contribution in [0, 0.1) is 0 Å². The van der Waals surface area contributed by atoms with Crippen molar-refractivity contribution in [3.05, 3.63) is 47.5 Å². The predicted octanol–water partition coefficient (Wildman–Crippen LogP) is 2.19. The van der Waals surface area contributed by atoms with Gasteiger partial charge >= 0.3 is 5.97 Å². The monoisotopic (exact) mass is 273 g/mol. The van der Waals surface area contributed by atoms with Crippen LogP contribution in [-0.4, -0.2) is 36.5 Å². The molecule has 0 fully saturated rings. The molecular formula is C16H19NO3. The molecule has 1 aromatic rings. The predicted molar refractivity (Wildman–Crippen MR) is 76.4 cm³/mol. The Bertz CT molecular complexity index is 522. The highest BCUT2D eigenvalue weighted by Crippen LogP contribution is 2.18. The summed E-state index contributed by atoms with van der Waals surface area (Å²) in [6.07, 6.45) is 4.92. The molecule has 0 aliphatic carbocycles. The molecule has 0 saturated carbocycles. The fourth-order valence-electron chi connectivity index (χ4n) is 2.32. The van der Waals surface area contributed by atoms with E-state index in [1.165, 1.54) is 6.08 Å². The minimum absolute atomic E-state index is 0.0339. The van der Waals surface area contributed by atoms with Crippen LogP contribution in [0.25, 0.3) is 0 Å². The first-order chi connectivity index (χ1) is 9.72. The van der Waals surface area contributed by atoms with Gasteiger partial charge in [-0.1, -0.05) is 24.3 Å². The summed E-state index contributed by atoms with van der Waals surface area (Å²) >= 11 is 0. The van der Waals surface area contributed by atoms with Gasteiger partial charge in [-0.15, -0.1) is 0 Å². The zero-order valence-corrected chi connectivity index (χ0v) is 11.7. The maximum Gasteiger partial charge on any atom is 0.330 e. The van der Waals surface area contributed by atoms with Crippen molar-refractivity contribution in [2.75, 3.05) is 19.7 Å². The molecule has 4 heteroatoms. The van der Waals surface area contributed by atoms with Gasteiger partial charge in [0.15, 0.2) is 0 Å². The molecule has 0 unspecified atom stereocenters. The van der Waals surface area contributed by atoms with Gasteiger partial charge < -0.3 is 9.64 Å². The summed E-state index contributed by atoms with van der Waals surface area (Å²) in [6.45, 7) is 3.27. The van der Waals surface area contributed by atoms with E-state index in [1.54, 1.807) is 17.9 Å². The SMILES string of the molecule is CCOC(=O)/C=C/CN1CCCc2ccccc2C1=O. The molecule has 0 N–H and O–H groups in total. The third-order valence-corrected chi connectivity index (χ3v) is 3.28. The van der Waals surface area contributed by atoms with E-state index in [-0.39, 0.29) is 11.9 Å². The Kier molecular flexibility index (Phi) is 4.93. The highest BCUT2D eigenvalue weighted by Gasteiger charge is 2.20. The van der Waals surface area contributed by atoms with Crippen LogP contribution >= 0.6 is 0 Å². The number of rotatable bonds is 4. The number of nitrogens with zero attached hydrogens (tertiary/aromatic N) is 1. The van der Waals surface area contributed by atoms with Crippen LogP contribution in [0.3, 0.4) is 0 Å². The minimum Gasteiger partial charge on any atom is -0.463 e. The van der Waals surface area contributed by atoms with Crippen molar-refractivity contribution in [3.8, 4) is 0 Å². The topological polar surface area (TPSA) is 46.6 Å². The number of carbonyl (C=O) groups is 2. The lowest BCUT2D eigenvalue weighted by Gasteiger charge is -2.18. The summed E-state index contributed by atoms with van der Waals surface area (Å²) in [5.74, 6) is -0.332. The third-order valence-electron chi connectivity index (χ3n) is 3.28. The molecule has 0 bridgehead atoms. The van der Waals surface area contributed by atoms with Crippen molar-refractivity contribution in [2.24, 2.45) is 0 Å². The smallest absolute Gasteiger partial charge is 0.330 e. The van der Waals surface area contributed by atoms with E-state index in [4.69, 9.17) is 4.74 Å². The number of hydrogen-bond acceptors (Lipinski definition) is 3. The van der Waals surface area contributed by atoms with Gasteiger partial charge in [0.2, 0.25) is 0 Å². The number of amides is 1. The molecule has 1 amide bonds. The molecule has 1 aromatic carbocycles. The zero-order valence-electron chi connectivity index (χ0n) is 11.7. The second-order valence-corrected chi connectivity index (χ2v) is 4.67. The maximum atomic E-state index is 12.4. The normalized spacial score (nSPS) is 15.1. The van der Waals surface area contributed by atoms with E-state index in [1.807, 2.05) is 24.3 Å². The molecule has 0 saturated heterocycles. The van der Waals surface area contributed by atoms with Crippen LogP contribution < -0.4 is 0 Å². The van der Waals surface area contributed by atoms with Crippen LogP contribution in [0.4, 0.5) is 0 Å². The number of aryl methyl sites for hydroxylation is 1. The van der Waals surface area contributed by atoms with Crippen LogP contribution in [0.5, 0.6) is 0 Å². The van der Waals surface area contributed by atoms with Gasteiger partial charge in [0.05, 0.1) is 6.61 Å². The first kappa shape index (κ1) is 14.3. The van der Waals surface area contributed by atoms with E-state index in [9.17, 15) is 9.59 Å². The number of fused-ring (bicyclic) bond motifs is 1. The molecule has 1 heterocycles. The lowest BCUT2D eigenvalue weighted by molar-refractivity contribution is -0.137. The summed E-state index contributed by atoms with van der Waals surface area (Å²) in [5, 5.41) is 0. The summed E-state index contributed by atoms with van der Waals surface area (Å²) in [6, 6.07) is 7.72. The van der Waals surface area contributed by atoms with E-state index in [2.05, 4.69) is 0 Å². The molecule has 4 nitrogen and oxygen atoms in total. The lowest BCUT2D eigenvalue weighted by Crippen LogP contribution is -2.31. The van der Waals surface area contributed by atoms with Crippen molar-refractivity contribution in [3.63, 3.8) is 0 Å². The van der Waals surface area contributed by atoms with E-state index >= 15 is 0 Å². The molecule has 0 radical (unpaired) electrons. The van der Waals surface area contributed by atoms with Crippen molar-refractivity contribution >= 4 is 11.9 Å². The Morgan fingerprint density at radius 3 is 3.00 bits per heavy atom. The molecule has 0 aromatic heterocycles. The van der Waals surface area contributed by atoms with Gasteiger partial charge in [0.25, 0.3) is 5.91 Å². The molecule has 2 rings (SSSR count). The Morgan fingerprint density at radius 1 is 1.40 bits per heavy atom. The number of hydrogen-bond donors (Lipinski definition) is 0. The molecule has 0 atom stereocenters. The standard InChI is InChI=1S/C16H19NO3/c1-2-20-15(18)10-6-12-17-11-5-8-13-7-3-4-9-14(13)16(17)19/h3-4,6-7,9-10H,2,5,8,11-12H2,1H3/b10-6+. The third kappa shape index (κ3) is 3.47. The van der Waals surface area contributed by atoms with Crippen LogP contribution in [-0.2, 0) is 16.0 Å². The zero-order chi connectivity index (χ0) is 14.4. The highest BCUT2D eigenvalue weighted by molar-refractivity contribution is 5.96. The summed E-state index contributed by atoms with van der Waals surface area (Å²) in [4.78, 5) is 25.4. The largest absolute Gasteiger partial charge is 0.463 e. The van der Waals surface area contributed by atoms with Crippen LogP contribution in [0.1, 0.15) is 29.3 Å². The Hall–Kier alpha value is -2.10. The van der Waals surface area contributed by atoms with Crippen molar-refractivity contribution < 1.29 is 14.3 Å². The average molecular weight is 273 g/mol. The fraction of sp³-hybridized carbons (Fsp3) is 0.375. The summed E-state index contributed by atoms with van der Waals surface area (Å²) in [7, 11) is 0. The highest BCUT2D eigenvalue weighted by atomic mass is 16.5. The first-order valence-electron chi connectivity index (χ1n) is 6.93.